The van der Waals surface area contributed by atoms with E-state index in [0.29, 0.717) is 12.0 Å². The highest BCUT2D eigenvalue weighted by atomic mass is 14.9. The van der Waals surface area contributed by atoms with Crippen molar-refractivity contribution in [3.63, 3.8) is 0 Å². The third-order valence-electron chi connectivity index (χ3n) is 6.50. The van der Waals surface area contributed by atoms with Gasteiger partial charge in [-0.3, -0.25) is 0 Å². The second kappa shape index (κ2) is 7.23. The Kier molecular flexibility index (Phi) is 4.65. The van der Waals surface area contributed by atoms with Gasteiger partial charge in [0.2, 0.25) is 5.69 Å². The second-order valence-electron chi connectivity index (χ2n) is 9.97. The van der Waals surface area contributed by atoms with Crippen molar-refractivity contribution in [3.05, 3.63) is 77.0 Å². The van der Waals surface area contributed by atoms with E-state index in [9.17, 15) is 0 Å². The zero-order valence-corrected chi connectivity index (χ0v) is 19.6. The van der Waals surface area contributed by atoms with Crippen LogP contribution in [-0.4, -0.2) is 0 Å². The van der Waals surface area contributed by atoms with Crippen LogP contribution in [-0.2, 0) is 12.5 Å². The Morgan fingerprint density at radius 2 is 1.57 bits per heavy atom. The molecule has 0 N–H and O–H groups in total. The number of benzene rings is 3. The van der Waals surface area contributed by atoms with Crippen LogP contribution in [0.1, 0.15) is 64.3 Å². The maximum absolute atomic E-state index is 8.77. The van der Waals surface area contributed by atoms with E-state index in [1.807, 2.05) is 0 Å². The summed E-state index contributed by atoms with van der Waals surface area (Å²) in [5.41, 5.74) is 7.47. The van der Waals surface area contributed by atoms with E-state index in [1.54, 1.807) is 0 Å². The number of fused-ring (bicyclic) bond motifs is 2. The zero-order valence-electron chi connectivity index (χ0n) is 20.6. The lowest BCUT2D eigenvalue weighted by Gasteiger charge is -2.24. The lowest BCUT2D eigenvalue weighted by atomic mass is 9.80. The Hall–Kier alpha value is -2.67. The number of hydrogen-bond donors (Lipinski definition) is 0. The molecule has 3 aromatic carbocycles. The van der Waals surface area contributed by atoms with Gasteiger partial charge in [0, 0.05) is 13.0 Å². The first-order valence-electron chi connectivity index (χ1n) is 11.5. The lowest BCUT2D eigenvalue weighted by Crippen LogP contribution is -2.35. The molecule has 0 aliphatic rings. The van der Waals surface area contributed by atoms with Gasteiger partial charge in [0.1, 0.15) is 7.05 Å². The summed E-state index contributed by atoms with van der Waals surface area (Å²) in [7, 11) is 2.11. The third-order valence-corrected chi connectivity index (χ3v) is 6.50. The van der Waals surface area contributed by atoms with Gasteiger partial charge in [0.15, 0.2) is 5.69 Å². The summed E-state index contributed by atoms with van der Waals surface area (Å²) in [5.74, 6) is 0.445. The number of aromatic nitrogens is 1. The topological polar surface area (TPSA) is 3.88 Å². The molecule has 0 saturated heterocycles. The molecule has 154 valence electrons. The molecule has 0 bridgehead atoms. The van der Waals surface area contributed by atoms with E-state index in [-0.39, 0.29) is 5.41 Å². The summed E-state index contributed by atoms with van der Waals surface area (Å²) >= 11 is 0. The van der Waals surface area contributed by atoms with Gasteiger partial charge < -0.3 is 0 Å². The number of nitrogens with zero attached hydrogens (tertiary/aromatic N) is 1. The van der Waals surface area contributed by atoms with Crippen LogP contribution in [0, 0.1) is 13.8 Å². The predicted octanol–water partition coefficient (Wildman–Crippen LogP) is 7.52. The van der Waals surface area contributed by atoms with Crippen molar-refractivity contribution >= 4 is 21.5 Å². The van der Waals surface area contributed by atoms with Gasteiger partial charge in [-0.05, 0) is 63.2 Å². The number of pyridine rings is 1. The predicted molar refractivity (Wildman–Crippen MR) is 130 cm³/mol. The van der Waals surface area contributed by atoms with Crippen LogP contribution in [0.4, 0.5) is 0 Å². The largest absolute Gasteiger partial charge is 0.220 e. The lowest BCUT2D eigenvalue weighted by molar-refractivity contribution is -0.665. The van der Waals surface area contributed by atoms with Crippen LogP contribution in [0.25, 0.3) is 32.8 Å². The molecule has 1 nitrogen and oxygen atoms in total. The molecule has 0 atom stereocenters. The van der Waals surface area contributed by atoms with Crippen LogP contribution < -0.4 is 4.57 Å². The van der Waals surface area contributed by atoms with E-state index in [1.165, 1.54) is 44.1 Å². The molecule has 0 fully saturated rings. The molecule has 0 aliphatic heterocycles. The van der Waals surface area contributed by atoms with Crippen molar-refractivity contribution in [2.75, 3.05) is 0 Å². The van der Waals surface area contributed by atoms with Crippen LogP contribution in [0.3, 0.4) is 0 Å². The fourth-order valence-corrected chi connectivity index (χ4v) is 4.57. The SMILES string of the molecule is [2H]c1c(C)[n+](C)c(-c2cc(C(C)(C)C)c3ccccc3c2C)c2cc(C(C)C)ccc12. The Labute approximate surface area is 182 Å². The molecule has 0 spiro atoms. The summed E-state index contributed by atoms with van der Waals surface area (Å²) in [6.45, 7) is 15.6. The molecular formula is C29H34N+. The molecule has 0 unspecified atom stereocenters. The van der Waals surface area contributed by atoms with Crippen LogP contribution >= 0.6 is 0 Å². The van der Waals surface area contributed by atoms with Gasteiger partial charge in [0.05, 0.1) is 12.3 Å². The Bertz CT molecular complexity index is 1320. The highest BCUT2D eigenvalue weighted by Gasteiger charge is 2.25. The summed E-state index contributed by atoms with van der Waals surface area (Å²) < 4.78 is 11.0. The van der Waals surface area contributed by atoms with Crippen molar-refractivity contribution in [1.82, 2.24) is 0 Å². The normalized spacial score (nSPS) is 12.8. The molecule has 0 amide bonds. The van der Waals surface area contributed by atoms with Gasteiger partial charge in [-0.25, -0.2) is 0 Å². The molecule has 0 saturated carbocycles. The van der Waals surface area contributed by atoms with Gasteiger partial charge in [-0.2, -0.15) is 4.57 Å². The average molecular weight is 398 g/mol. The Balaban J connectivity index is 2.22. The maximum atomic E-state index is 8.77. The van der Waals surface area contributed by atoms with Crippen molar-refractivity contribution in [2.24, 2.45) is 7.05 Å². The number of aryl methyl sites for hydroxylation is 1. The van der Waals surface area contributed by atoms with Crippen LogP contribution in [0.15, 0.2) is 54.6 Å². The molecule has 0 radical (unpaired) electrons. The van der Waals surface area contributed by atoms with Crippen LogP contribution in [0.2, 0.25) is 0 Å². The third kappa shape index (κ3) is 3.31. The quantitative estimate of drug-likeness (QED) is 0.308. The average Bonchev–Trinajstić information content (AvgIpc) is 2.72. The highest BCUT2D eigenvalue weighted by molar-refractivity contribution is 6.00. The molecule has 4 aromatic rings. The molecule has 1 aromatic heterocycles. The van der Waals surface area contributed by atoms with Crippen molar-refractivity contribution in [3.8, 4) is 11.3 Å². The fourth-order valence-electron chi connectivity index (χ4n) is 4.57. The van der Waals surface area contributed by atoms with Gasteiger partial charge in [-0.1, -0.05) is 71.0 Å². The smallest absolute Gasteiger partial charge is 0.198 e. The summed E-state index contributed by atoms with van der Waals surface area (Å²) in [5, 5.41) is 4.84. The molecule has 0 aliphatic carbocycles. The van der Waals surface area contributed by atoms with Crippen LogP contribution in [0.5, 0.6) is 0 Å². The van der Waals surface area contributed by atoms with E-state index in [2.05, 4.69) is 109 Å². The summed E-state index contributed by atoms with van der Waals surface area (Å²) in [6.07, 6.45) is 0. The van der Waals surface area contributed by atoms with Crippen molar-refractivity contribution in [2.45, 2.75) is 59.8 Å². The minimum atomic E-state index is 0.0317. The molecule has 30 heavy (non-hydrogen) atoms. The first kappa shape index (κ1) is 19.3. The van der Waals surface area contributed by atoms with E-state index >= 15 is 0 Å². The second-order valence-corrected chi connectivity index (χ2v) is 9.97. The molecule has 1 heteroatoms. The minimum Gasteiger partial charge on any atom is -0.198 e. The molecule has 4 rings (SSSR count). The zero-order chi connectivity index (χ0) is 22.7. The standard InChI is InChI=1S/C29H34N/c1-18(2)21-13-14-22-15-19(3)30(8)28(26(22)16-21)25-17-27(29(5,6)7)24-12-10-9-11-23(24)20(25)4/h9-18H,1-8H3/q+1/i15D. The van der Waals surface area contributed by atoms with E-state index < -0.39 is 0 Å². The van der Waals surface area contributed by atoms with Gasteiger partial charge >= 0.3 is 0 Å². The fraction of sp³-hybridized carbons (Fsp3) is 0.345. The monoisotopic (exact) mass is 397 g/mol. The number of hydrogen-bond acceptors (Lipinski definition) is 0. The molecular weight excluding hydrogens is 362 g/mol. The first-order valence-corrected chi connectivity index (χ1v) is 11.0. The summed E-state index contributed by atoms with van der Waals surface area (Å²) in [6, 6.07) is 18.4. The van der Waals surface area contributed by atoms with E-state index in [4.69, 9.17) is 1.37 Å². The Morgan fingerprint density at radius 1 is 0.900 bits per heavy atom. The Morgan fingerprint density at radius 3 is 2.20 bits per heavy atom. The van der Waals surface area contributed by atoms with Crippen molar-refractivity contribution in [1.29, 1.82) is 0 Å². The van der Waals surface area contributed by atoms with Gasteiger partial charge in [0.25, 0.3) is 0 Å². The van der Waals surface area contributed by atoms with Crippen molar-refractivity contribution < 1.29 is 5.94 Å². The summed E-state index contributed by atoms with van der Waals surface area (Å²) in [4.78, 5) is 0. The number of rotatable bonds is 2. The van der Waals surface area contributed by atoms with Gasteiger partial charge in [-0.15, -0.1) is 0 Å². The maximum Gasteiger partial charge on any atom is 0.220 e. The first-order chi connectivity index (χ1) is 14.5. The highest BCUT2D eigenvalue weighted by Crippen LogP contribution is 2.39. The van der Waals surface area contributed by atoms with E-state index in [0.717, 1.165) is 11.1 Å². The minimum absolute atomic E-state index is 0.0317. The molecule has 1 heterocycles.